The lowest BCUT2D eigenvalue weighted by Crippen LogP contribution is -2.34. The molecule has 0 saturated heterocycles. The molecular formula is C26H35N3O5. The summed E-state index contributed by atoms with van der Waals surface area (Å²) in [7, 11) is 0. The summed E-state index contributed by atoms with van der Waals surface area (Å²) in [5.41, 5.74) is 5.17. The molecule has 1 aliphatic rings. The van der Waals surface area contributed by atoms with Gasteiger partial charge in [-0.15, -0.1) is 0 Å². The highest BCUT2D eigenvalue weighted by molar-refractivity contribution is 5.91. The number of unbranched alkanes of at least 4 members (excludes halogenated alkanes) is 1. The molecule has 1 aliphatic carbocycles. The number of pyridine rings is 1. The van der Waals surface area contributed by atoms with Crippen LogP contribution in [0.5, 0.6) is 0 Å². The zero-order valence-electron chi connectivity index (χ0n) is 20.4. The van der Waals surface area contributed by atoms with Crippen molar-refractivity contribution in [1.29, 1.82) is 0 Å². The molecule has 0 aliphatic heterocycles. The van der Waals surface area contributed by atoms with Crippen molar-refractivity contribution < 1.29 is 19.1 Å². The van der Waals surface area contributed by atoms with Crippen molar-refractivity contribution in [2.45, 2.75) is 58.8 Å². The van der Waals surface area contributed by atoms with Crippen LogP contribution in [0.4, 0.5) is 4.79 Å². The van der Waals surface area contributed by atoms with Gasteiger partial charge in [0, 0.05) is 48.7 Å². The molecule has 3 unspecified atom stereocenters. The molecule has 1 fully saturated rings. The fraction of sp³-hybridized carbons (Fsp3) is 0.500. The molecule has 1 heterocycles. The lowest BCUT2D eigenvalue weighted by Gasteiger charge is -2.19. The minimum atomic E-state index is -0.584. The van der Waals surface area contributed by atoms with Gasteiger partial charge in [0.05, 0.1) is 6.10 Å². The van der Waals surface area contributed by atoms with Crippen LogP contribution in [0.25, 0.3) is 16.8 Å². The van der Waals surface area contributed by atoms with E-state index in [9.17, 15) is 14.4 Å². The number of primary amides is 1. The Morgan fingerprint density at radius 2 is 1.94 bits per heavy atom. The number of ether oxygens (including phenoxy) is 2. The first-order chi connectivity index (χ1) is 16.1. The standard InChI is InChI=1S/C26H35N3O5/c1-5-6-13-33-23-20(15-28-25(32)34-26(2,3)4)21(23)16-29-18(11-12-22(27)30)14-17-9-7-8-10-19(17)24(29)31/h7-12,14,20-21,23H,5-6,13,15-16H2,1-4H3,(H2,27,30)(H,28,32)/b12-11+. The summed E-state index contributed by atoms with van der Waals surface area (Å²) < 4.78 is 13.1. The molecule has 3 rings (SSSR count). The van der Waals surface area contributed by atoms with Crippen molar-refractivity contribution in [3.63, 3.8) is 0 Å². The Morgan fingerprint density at radius 1 is 1.21 bits per heavy atom. The second-order valence-corrected chi connectivity index (χ2v) is 9.71. The molecule has 1 saturated carbocycles. The van der Waals surface area contributed by atoms with Crippen LogP contribution in [0.3, 0.4) is 0 Å². The van der Waals surface area contributed by atoms with Gasteiger partial charge in [-0.25, -0.2) is 4.79 Å². The number of fused-ring (bicyclic) bond motifs is 1. The Hall–Kier alpha value is -3.13. The Morgan fingerprint density at radius 3 is 2.62 bits per heavy atom. The van der Waals surface area contributed by atoms with Gasteiger partial charge in [0.2, 0.25) is 5.91 Å². The average Bonchev–Trinajstić information content (AvgIpc) is 3.42. The van der Waals surface area contributed by atoms with Gasteiger partial charge < -0.3 is 25.1 Å². The summed E-state index contributed by atoms with van der Waals surface area (Å²) in [6.45, 7) is 8.97. The summed E-state index contributed by atoms with van der Waals surface area (Å²) in [6.07, 6.45) is 4.23. The molecule has 1 aromatic carbocycles. The molecule has 2 aromatic rings. The van der Waals surface area contributed by atoms with E-state index in [-0.39, 0.29) is 23.5 Å². The van der Waals surface area contributed by atoms with Gasteiger partial charge in [-0.3, -0.25) is 9.59 Å². The Balaban J connectivity index is 1.83. The zero-order valence-corrected chi connectivity index (χ0v) is 20.4. The highest BCUT2D eigenvalue weighted by Gasteiger charge is 2.51. The van der Waals surface area contributed by atoms with E-state index < -0.39 is 17.6 Å². The van der Waals surface area contributed by atoms with Crippen LogP contribution in [-0.4, -0.2) is 41.4 Å². The first-order valence-corrected chi connectivity index (χ1v) is 11.8. The van der Waals surface area contributed by atoms with Crippen LogP contribution >= 0.6 is 0 Å². The van der Waals surface area contributed by atoms with Gasteiger partial charge >= 0.3 is 6.09 Å². The zero-order chi connectivity index (χ0) is 24.9. The Bertz CT molecular complexity index is 1120. The highest BCUT2D eigenvalue weighted by Crippen LogP contribution is 2.43. The minimum Gasteiger partial charge on any atom is -0.444 e. The fourth-order valence-electron chi connectivity index (χ4n) is 4.07. The highest BCUT2D eigenvalue weighted by atomic mass is 16.6. The number of hydrogen-bond acceptors (Lipinski definition) is 5. The predicted octanol–water partition coefficient (Wildman–Crippen LogP) is 3.46. The van der Waals surface area contributed by atoms with E-state index in [0.717, 1.165) is 18.2 Å². The van der Waals surface area contributed by atoms with Crippen molar-refractivity contribution >= 4 is 28.8 Å². The maximum atomic E-state index is 13.3. The quantitative estimate of drug-likeness (QED) is 0.409. The van der Waals surface area contributed by atoms with Crippen molar-refractivity contribution in [1.82, 2.24) is 9.88 Å². The number of nitrogens with zero attached hydrogens (tertiary/aromatic N) is 1. The van der Waals surface area contributed by atoms with Crippen LogP contribution in [0, 0.1) is 11.8 Å². The second-order valence-electron chi connectivity index (χ2n) is 9.71. The van der Waals surface area contributed by atoms with E-state index in [1.165, 1.54) is 6.08 Å². The number of nitrogens with one attached hydrogen (secondary N) is 1. The molecular weight excluding hydrogens is 434 g/mol. The molecule has 0 radical (unpaired) electrons. The molecule has 3 N–H and O–H groups in total. The SMILES string of the molecule is CCCCOC1C(CNC(=O)OC(C)(C)C)C1Cn1c(/C=C/C(N)=O)cc2ccccc2c1=O. The van der Waals surface area contributed by atoms with E-state index in [1.807, 2.05) is 45.0 Å². The van der Waals surface area contributed by atoms with Crippen LogP contribution in [-0.2, 0) is 20.8 Å². The van der Waals surface area contributed by atoms with Gasteiger partial charge in [0.25, 0.3) is 5.56 Å². The molecule has 8 nitrogen and oxygen atoms in total. The van der Waals surface area contributed by atoms with E-state index >= 15 is 0 Å². The van der Waals surface area contributed by atoms with E-state index in [4.69, 9.17) is 15.2 Å². The first kappa shape index (κ1) is 25.5. The van der Waals surface area contributed by atoms with Gasteiger partial charge in [-0.1, -0.05) is 31.5 Å². The third kappa shape index (κ3) is 6.70. The van der Waals surface area contributed by atoms with Crippen molar-refractivity contribution in [2.24, 2.45) is 17.6 Å². The van der Waals surface area contributed by atoms with Crippen LogP contribution in [0.1, 0.15) is 46.2 Å². The van der Waals surface area contributed by atoms with E-state index in [2.05, 4.69) is 12.2 Å². The summed E-state index contributed by atoms with van der Waals surface area (Å²) in [5.74, 6) is -0.499. The lowest BCUT2D eigenvalue weighted by atomic mass is 10.1. The van der Waals surface area contributed by atoms with Crippen molar-refractivity contribution in [3.05, 3.63) is 52.5 Å². The number of hydrogen-bond donors (Lipinski definition) is 2. The number of carbonyl (C=O) groups excluding carboxylic acids is 2. The monoisotopic (exact) mass is 469 g/mol. The molecule has 184 valence electrons. The number of rotatable bonds is 10. The average molecular weight is 470 g/mol. The van der Waals surface area contributed by atoms with Crippen LogP contribution < -0.4 is 16.6 Å². The third-order valence-electron chi connectivity index (χ3n) is 5.81. The largest absolute Gasteiger partial charge is 0.444 e. The minimum absolute atomic E-state index is 0.0337. The number of amides is 2. The van der Waals surface area contributed by atoms with E-state index in [0.29, 0.717) is 30.8 Å². The maximum absolute atomic E-state index is 13.3. The summed E-state index contributed by atoms with van der Waals surface area (Å²) >= 11 is 0. The summed E-state index contributed by atoms with van der Waals surface area (Å²) in [4.78, 5) is 36.8. The number of alkyl carbamates (subject to hydrolysis) is 1. The Labute approximate surface area is 200 Å². The predicted molar refractivity (Wildman–Crippen MR) is 132 cm³/mol. The maximum Gasteiger partial charge on any atom is 0.407 e. The normalized spacial score (nSPS) is 19.9. The summed E-state index contributed by atoms with van der Waals surface area (Å²) in [6, 6.07) is 9.22. The van der Waals surface area contributed by atoms with Gasteiger partial charge in [0.1, 0.15) is 5.60 Å². The smallest absolute Gasteiger partial charge is 0.407 e. The number of aromatic nitrogens is 1. The van der Waals surface area contributed by atoms with Gasteiger partial charge in [-0.05, 0) is 50.8 Å². The number of benzene rings is 1. The number of nitrogens with two attached hydrogens (primary N) is 1. The molecule has 34 heavy (non-hydrogen) atoms. The van der Waals surface area contributed by atoms with Gasteiger partial charge in [0.15, 0.2) is 0 Å². The molecule has 8 heteroatoms. The van der Waals surface area contributed by atoms with Gasteiger partial charge in [-0.2, -0.15) is 0 Å². The topological polar surface area (TPSA) is 113 Å². The van der Waals surface area contributed by atoms with E-state index in [1.54, 1.807) is 16.7 Å². The molecule has 3 atom stereocenters. The molecule has 0 spiro atoms. The molecule has 1 aromatic heterocycles. The van der Waals surface area contributed by atoms with Crippen molar-refractivity contribution in [2.75, 3.05) is 13.2 Å². The second kappa shape index (κ2) is 10.9. The number of carbonyl (C=O) groups is 2. The van der Waals surface area contributed by atoms with Crippen molar-refractivity contribution in [3.8, 4) is 0 Å². The fourth-order valence-corrected chi connectivity index (χ4v) is 4.07. The Kier molecular flexibility index (Phi) is 8.15. The molecule has 0 bridgehead atoms. The summed E-state index contributed by atoms with van der Waals surface area (Å²) in [5, 5.41) is 4.23. The van der Waals surface area contributed by atoms with Crippen LogP contribution in [0.2, 0.25) is 0 Å². The molecule has 2 amide bonds. The lowest BCUT2D eigenvalue weighted by molar-refractivity contribution is -0.113. The third-order valence-corrected chi connectivity index (χ3v) is 5.81. The van der Waals surface area contributed by atoms with Crippen LogP contribution in [0.15, 0.2) is 41.2 Å². The first-order valence-electron chi connectivity index (χ1n) is 11.8.